The van der Waals surface area contributed by atoms with Crippen molar-refractivity contribution >= 4 is 12.1 Å². The zero-order valence-corrected chi connectivity index (χ0v) is 22.3. The van der Waals surface area contributed by atoms with Gasteiger partial charge in [-0.15, -0.1) is 0 Å². The summed E-state index contributed by atoms with van der Waals surface area (Å²) in [6.45, 7) is 12.2. The summed E-state index contributed by atoms with van der Waals surface area (Å²) >= 11 is 0. The van der Waals surface area contributed by atoms with Gasteiger partial charge in [-0.25, -0.2) is 4.79 Å². The highest BCUT2D eigenvalue weighted by molar-refractivity contribution is 5.78. The van der Waals surface area contributed by atoms with E-state index in [0.29, 0.717) is 50.1 Å². The van der Waals surface area contributed by atoms with Crippen molar-refractivity contribution in [1.29, 1.82) is 0 Å². The Balaban J connectivity index is 2.08. The van der Waals surface area contributed by atoms with Crippen molar-refractivity contribution < 1.29 is 32.2 Å². The van der Waals surface area contributed by atoms with Crippen LogP contribution < -0.4 is 0 Å². The van der Waals surface area contributed by atoms with Crippen LogP contribution in [-0.4, -0.2) is 41.3 Å². The molecule has 3 aliphatic rings. The van der Waals surface area contributed by atoms with Crippen molar-refractivity contribution in [2.45, 2.75) is 103 Å². The third kappa shape index (κ3) is 5.83. The first-order chi connectivity index (χ1) is 16.6. The van der Waals surface area contributed by atoms with Gasteiger partial charge in [0, 0.05) is 12.5 Å². The van der Waals surface area contributed by atoms with E-state index in [-0.39, 0.29) is 18.5 Å². The number of amides is 1. The first kappa shape index (κ1) is 28.3. The lowest BCUT2D eigenvalue weighted by Gasteiger charge is -2.60. The molecule has 36 heavy (non-hydrogen) atoms. The number of carbonyl (C=O) groups excluding carboxylic acids is 2. The molecule has 0 unspecified atom stereocenters. The molecule has 1 atom stereocenters. The summed E-state index contributed by atoms with van der Waals surface area (Å²) < 4.78 is 51.1. The Morgan fingerprint density at radius 2 is 1.64 bits per heavy atom. The standard InChI is InChI=1S/C28H40F3NO4/c1-7-35-23(33)26-13-15-27(16-14-26,32(17-12-19(2)3)24(34)36-25(4,5)6)22(18-26)20-8-10-21(11-9-20)28(29,30)31/h8-11,19,22H,7,12-18H2,1-6H3/t22-,26?,27?/m0/s1. The molecule has 0 aliphatic heterocycles. The minimum Gasteiger partial charge on any atom is -0.466 e. The number of benzene rings is 1. The van der Waals surface area contributed by atoms with Gasteiger partial charge in [-0.1, -0.05) is 26.0 Å². The van der Waals surface area contributed by atoms with E-state index in [9.17, 15) is 22.8 Å². The predicted molar refractivity (Wildman–Crippen MR) is 131 cm³/mol. The smallest absolute Gasteiger partial charge is 0.416 e. The van der Waals surface area contributed by atoms with Crippen LogP contribution in [0.2, 0.25) is 0 Å². The van der Waals surface area contributed by atoms with Crippen LogP contribution in [0.3, 0.4) is 0 Å². The average Bonchev–Trinajstić information content (AvgIpc) is 2.78. The molecular formula is C28H40F3NO4. The number of esters is 1. The second kappa shape index (κ2) is 10.3. The molecule has 3 fully saturated rings. The molecule has 0 N–H and O–H groups in total. The van der Waals surface area contributed by atoms with Crippen molar-refractivity contribution in [2.24, 2.45) is 11.3 Å². The number of halogens is 3. The second-order valence-electron chi connectivity index (χ2n) is 11.8. The van der Waals surface area contributed by atoms with Gasteiger partial charge in [-0.05, 0) is 89.8 Å². The number of nitrogens with zero attached hydrogens (tertiary/aromatic N) is 1. The van der Waals surface area contributed by atoms with Gasteiger partial charge in [-0.3, -0.25) is 4.79 Å². The predicted octanol–water partition coefficient (Wildman–Crippen LogP) is 7.34. The van der Waals surface area contributed by atoms with Crippen molar-refractivity contribution in [2.75, 3.05) is 13.2 Å². The molecule has 3 aliphatic carbocycles. The maximum atomic E-state index is 13.6. The van der Waals surface area contributed by atoms with E-state index in [1.54, 1.807) is 6.92 Å². The highest BCUT2D eigenvalue weighted by Crippen LogP contribution is 2.61. The van der Waals surface area contributed by atoms with Crippen LogP contribution in [0.25, 0.3) is 0 Å². The fourth-order valence-electron chi connectivity index (χ4n) is 5.86. The molecule has 1 amide bonds. The molecule has 3 saturated carbocycles. The van der Waals surface area contributed by atoms with Gasteiger partial charge in [-0.2, -0.15) is 13.2 Å². The SMILES string of the molecule is CCOC(=O)C12CCC(N(CCC(C)C)C(=O)OC(C)(C)C)(CC1)[C@H](c1ccc(C(F)(F)F)cc1)C2. The Kier molecular flexibility index (Phi) is 8.07. The van der Waals surface area contributed by atoms with Gasteiger partial charge in [0.2, 0.25) is 0 Å². The lowest BCUT2D eigenvalue weighted by Crippen LogP contribution is -2.64. The molecule has 0 radical (unpaired) electrons. The van der Waals surface area contributed by atoms with E-state index in [0.717, 1.165) is 18.6 Å². The maximum absolute atomic E-state index is 13.6. The van der Waals surface area contributed by atoms with Crippen LogP contribution in [0, 0.1) is 11.3 Å². The number of hydrogen-bond donors (Lipinski definition) is 0. The Morgan fingerprint density at radius 3 is 2.11 bits per heavy atom. The zero-order valence-electron chi connectivity index (χ0n) is 22.3. The van der Waals surface area contributed by atoms with Crippen LogP contribution in [-0.2, 0) is 20.4 Å². The van der Waals surface area contributed by atoms with Gasteiger partial charge in [0.1, 0.15) is 5.60 Å². The van der Waals surface area contributed by atoms with Crippen LogP contribution >= 0.6 is 0 Å². The van der Waals surface area contributed by atoms with Gasteiger partial charge < -0.3 is 14.4 Å². The molecule has 2 bridgehead atoms. The van der Waals surface area contributed by atoms with Gasteiger partial charge in [0.15, 0.2) is 0 Å². The quantitative estimate of drug-likeness (QED) is 0.360. The lowest BCUT2D eigenvalue weighted by atomic mass is 9.51. The van der Waals surface area contributed by atoms with E-state index in [1.165, 1.54) is 12.1 Å². The molecule has 202 valence electrons. The van der Waals surface area contributed by atoms with Crippen molar-refractivity contribution in [3.05, 3.63) is 35.4 Å². The number of rotatable bonds is 7. The summed E-state index contributed by atoms with van der Waals surface area (Å²) in [5, 5.41) is 0. The molecule has 8 heteroatoms. The van der Waals surface area contributed by atoms with Gasteiger partial charge >= 0.3 is 18.2 Å². The topological polar surface area (TPSA) is 55.8 Å². The Labute approximate surface area is 212 Å². The first-order valence-corrected chi connectivity index (χ1v) is 13.0. The van der Waals surface area contributed by atoms with Crippen LogP contribution in [0.5, 0.6) is 0 Å². The van der Waals surface area contributed by atoms with Crippen LogP contribution in [0.4, 0.5) is 18.0 Å². The molecule has 0 heterocycles. The van der Waals surface area contributed by atoms with Crippen LogP contribution in [0.15, 0.2) is 24.3 Å². The number of carbonyl (C=O) groups is 2. The minimum absolute atomic E-state index is 0.249. The van der Waals surface area contributed by atoms with E-state index in [4.69, 9.17) is 9.47 Å². The fraction of sp³-hybridized carbons (Fsp3) is 0.714. The average molecular weight is 512 g/mol. The first-order valence-electron chi connectivity index (χ1n) is 13.0. The summed E-state index contributed by atoms with van der Waals surface area (Å²) in [6, 6.07) is 5.19. The monoisotopic (exact) mass is 511 g/mol. The van der Waals surface area contributed by atoms with Crippen molar-refractivity contribution in [3.63, 3.8) is 0 Å². The molecule has 4 rings (SSSR count). The normalized spacial score (nSPS) is 26.1. The lowest BCUT2D eigenvalue weighted by molar-refractivity contribution is -0.168. The minimum atomic E-state index is -4.44. The summed E-state index contributed by atoms with van der Waals surface area (Å²) in [7, 11) is 0. The van der Waals surface area contributed by atoms with Gasteiger partial charge in [0.05, 0.1) is 23.1 Å². The second-order valence-corrected chi connectivity index (χ2v) is 11.8. The van der Waals surface area contributed by atoms with E-state index in [1.807, 2.05) is 25.7 Å². The highest BCUT2D eigenvalue weighted by atomic mass is 19.4. The highest BCUT2D eigenvalue weighted by Gasteiger charge is 2.61. The zero-order chi connectivity index (χ0) is 26.9. The largest absolute Gasteiger partial charge is 0.466 e. The van der Waals surface area contributed by atoms with E-state index >= 15 is 0 Å². The molecule has 0 saturated heterocycles. The summed E-state index contributed by atoms with van der Waals surface area (Å²) in [5.74, 6) is -0.214. The van der Waals surface area contributed by atoms with Crippen molar-refractivity contribution in [3.8, 4) is 0 Å². The van der Waals surface area contributed by atoms with Crippen molar-refractivity contribution in [1.82, 2.24) is 4.90 Å². The number of fused-ring (bicyclic) bond motifs is 3. The summed E-state index contributed by atoms with van der Waals surface area (Å²) in [4.78, 5) is 28.5. The number of hydrogen-bond acceptors (Lipinski definition) is 4. The Bertz CT molecular complexity index is 926. The molecule has 0 spiro atoms. The third-order valence-electron chi connectivity index (χ3n) is 7.75. The third-order valence-corrected chi connectivity index (χ3v) is 7.75. The summed E-state index contributed by atoms with van der Waals surface area (Å²) in [5.41, 5.74) is -2.04. The Morgan fingerprint density at radius 1 is 1.06 bits per heavy atom. The molecule has 0 aromatic heterocycles. The molecule has 1 aromatic carbocycles. The maximum Gasteiger partial charge on any atom is 0.416 e. The summed E-state index contributed by atoms with van der Waals surface area (Å²) in [6.07, 6.45) is -1.38. The number of ether oxygens (including phenoxy) is 2. The van der Waals surface area contributed by atoms with Crippen LogP contribution in [0.1, 0.15) is 97.1 Å². The molecule has 1 aromatic rings. The fourth-order valence-corrected chi connectivity index (χ4v) is 5.86. The number of alkyl halides is 3. The van der Waals surface area contributed by atoms with E-state index in [2.05, 4.69) is 13.8 Å². The molecular weight excluding hydrogens is 471 g/mol. The van der Waals surface area contributed by atoms with E-state index < -0.39 is 34.4 Å². The molecule has 5 nitrogen and oxygen atoms in total. The van der Waals surface area contributed by atoms with Gasteiger partial charge in [0.25, 0.3) is 0 Å². The Hall–Kier alpha value is -2.25.